The Labute approximate surface area is 133 Å². The lowest BCUT2D eigenvalue weighted by atomic mass is 10.1. The van der Waals surface area contributed by atoms with Crippen LogP contribution in [0.4, 0.5) is 5.82 Å². The second kappa shape index (κ2) is 6.51. The second-order valence-corrected chi connectivity index (χ2v) is 5.20. The standard InChI is InChI=1S/C16H17N3O4/c1-19-7-6-15(18-19)17-16(21)5-3-12(20)11-2-4-13-14(10-11)23-9-8-22-13/h2,4,6-7,10H,3,5,8-9H2,1H3,(H,17,18,21). The van der Waals surface area contributed by atoms with E-state index < -0.39 is 0 Å². The minimum Gasteiger partial charge on any atom is -0.486 e. The second-order valence-electron chi connectivity index (χ2n) is 5.20. The van der Waals surface area contributed by atoms with Crippen molar-refractivity contribution in [2.75, 3.05) is 18.5 Å². The van der Waals surface area contributed by atoms with Gasteiger partial charge in [0.15, 0.2) is 23.1 Å². The summed E-state index contributed by atoms with van der Waals surface area (Å²) in [5.41, 5.74) is 0.514. The number of aromatic nitrogens is 2. The molecule has 1 aliphatic heterocycles. The van der Waals surface area contributed by atoms with Gasteiger partial charge in [-0.05, 0) is 18.2 Å². The van der Waals surface area contributed by atoms with Crippen LogP contribution in [0.15, 0.2) is 30.5 Å². The number of anilines is 1. The molecule has 0 fully saturated rings. The van der Waals surface area contributed by atoms with Crippen LogP contribution in [0.2, 0.25) is 0 Å². The largest absolute Gasteiger partial charge is 0.486 e. The molecule has 1 aromatic heterocycles. The highest BCUT2D eigenvalue weighted by atomic mass is 16.6. The lowest BCUT2D eigenvalue weighted by molar-refractivity contribution is -0.116. The number of aryl methyl sites for hydroxylation is 1. The number of rotatable bonds is 5. The molecule has 0 radical (unpaired) electrons. The molecule has 0 saturated heterocycles. The van der Waals surface area contributed by atoms with E-state index in [2.05, 4.69) is 10.4 Å². The van der Waals surface area contributed by atoms with Crippen molar-refractivity contribution in [3.05, 3.63) is 36.0 Å². The maximum atomic E-state index is 12.2. The number of ketones is 1. The number of carbonyl (C=O) groups is 2. The van der Waals surface area contributed by atoms with Crippen LogP contribution in [0.1, 0.15) is 23.2 Å². The predicted molar refractivity (Wildman–Crippen MR) is 82.8 cm³/mol. The average molecular weight is 315 g/mol. The third-order valence-corrected chi connectivity index (χ3v) is 3.42. The zero-order chi connectivity index (χ0) is 16.2. The molecule has 120 valence electrons. The van der Waals surface area contributed by atoms with E-state index in [0.29, 0.717) is 36.1 Å². The van der Waals surface area contributed by atoms with Gasteiger partial charge in [-0.1, -0.05) is 0 Å². The van der Waals surface area contributed by atoms with Crippen LogP contribution in [0.5, 0.6) is 11.5 Å². The van der Waals surface area contributed by atoms with Crippen molar-refractivity contribution in [3.63, 3.8) is 0 Å². The molecule has 0 aliphatic carbocycles. The van der Waals surface area contributed by atoms with E-state index in [1.807, 2.05) is 0 Å². The summed E-state index contributed by atoms with van der Waals surface area (Å²) >= 11 is 0. The maximum absolute atomic E-state index is 12.2. The van der Waals surface area contributed by atoms with Gasteiger partial charge in [-0.3, -0.25) is 14.3 Å². The number of fused-ring (bicyclic) bond motifs is 1. The molecule has 1 N–H and O–H groups in total. The van der Waals surface area contributed by atoms with Crippen LogP contribution >= 0.6 is 0 Å². The molecule has 1 aliphatic rings. The summed E-state index contributed by atoms with van der Waals surface area (Å²) in [6.45, 7) is 0.977. The number of nitrogens with one attached hydrogen (secondary N) is 1. The first-order valence-corrected chi connectivity index (χ1v) is 7.34. The molecule has 1 aromatic carbocycles. The molecule has 2 heterocycles. The molecule has 0 atom stereocenters. The average Bonchev–Trinajstić information content (AvgIpc) is 2.97. The third kappa shape index (κ3) is 3.68. The Hall–Kier alpha value is -2.83. The Morgan fingerprint density at radius 2 is 1.96 bits per heavy atom. The molecular weight excluding hydrogens is 298 g/mol. The Morgan fingerprint density at radius 1 is 1.17 bits per heavy atom. The summed E-state index contributed by atoms with van der Waals surface area (Å²) in [4.78, 5) is 24.0. The first-order valence-electron chi connectivity index (χ1n) is 7.34. The lowest BCUT2D eigenvalue weighted by Crippen LogP contribution is -2.16. The fourth-order valence-corrected chi connectivity index (χ4v) is 2.28. The van der Waals surface area contributed by atoms with Crippen LogP contribution in [-0.4, -0.2) is 34.7 Å². The van der Waals surface area contributed by atoms with Crippen LogP contribution in [-0.2, 0) is 11.8 Å². The molecule has 23 heavy (non-hydrogen) atoms. The summed E-state index contributed by atoms with van der Waals surface area (Å²) < 4.78 is 12.5. The van der Waals surface area contributed by atoms with E-state index in [1.54, 1.807) is 42.2 Å². The normalized spacial score (nSPS) is 12.7. The maximum Gasteiger partial charge on any atom is 0.226 e. The zero-order valence-electron chi connectivity index (χ0n) is 12.7. The Morgan fingerprint density at radius 3 is 2.70 bits per heavy atom. The van der Waals surface area contributed by atoms with Crippen molar-refractivity contribution in [1.29, 1.82) is 0 Å². The van der Waals surface area contributed by atoms with Crippen LogP contribution < -0.4 is 14.8 Å². The van der Waals surface area contributed by atoms with Gasteiger partial charge >= 0.3 is 0 Å². The summed E-state index contributed by atoms with van der Waals surface area (Å²) in [5.74, 6) is 1.33. The number of carbonyl (C=O) groups excluding carboxylic acids is 2. The smallest absolute Gasteiger partial charge is 0.226 e. The fourth-order valence-electron chi connectivity index (χ4n) is 2.28. The first kappa shape index (κ1) is 15.1. The quantitative estimate of drug-likeness (QED) is 0.851. The number of hydrogen-bond donors (Lipinski definition) is 1. The van der Waals surface area contributed by atoms with Crippen molar-refractivity contribution < 1.29 is 19.1 Å². The van der Waals surface area contributed by atoms with E-state index in [1.165, 1.54) is 0 Å². The molecule has 7 nitrogen and oxygen atoms in total. The molecular formula is C16H17N3O4. The van der Waals surface area contributed by atoms with Gasteiger partial charge in [-0.25, -0.2) is 0 Å². The molecule has 3 rings (SSSR count). The molecule has 2 aromatic rings. The summed E-state index contributed by atoms with van der Waals surface area (Å²) in [6.07, 6.45) is 1.96. The Balaban J connectivity index is 1.55. The van der Waals surface area contributed by atoms with Gasteiger partial charge in [0.05, 0.1) is 0 Å². The number of amides is 1. The first-order chi connectivity index (χ1) is 11.1. The van der Waals surface area contributed by atoms with Crippen LogP contribution in [0, 0.1) is 0 Å². The Kier molecular flexibility index (Phi) is 4.27. The van der Waals surface area contributed by atoms with E-state index in [0.717, 1.165) is 0 Å². The number of benzene rings is 1. The highest BCUT2D eigenvalue weighted by Crippen LogP contribution is 2.31. The summed E-state index contributed by atoms with van der Waals surface area (Å²) in [6, 6.07) is 6.76. The predicted octanol–water partition coefficient (Wildman–Crippen LogP) is 1.79. The zero-order valence-corrected chi connectivity index (χ0v) is 12.7. The lowest BCUT2D eigenvalue weighted by Gasteiger charge is -2.18. The van der Waals surface area contributed by atoms with Crippen molar-refractivity contribution in [2.24, 2.45) is 7.05 Å². The van der Waals surface area contributed by atoms with Gasteiger partial charge in [-0.15, -0.1) is 0 Å². The van der Waals surface area contributed by atoms with Crippen molar-refractivity contribution in [3.8, 4) is 11.5 Å². The van der Waals surface area contributed by atoms with Crippen LogP contribution in [0.25, 0.3) is 0 Å². The van der Waals surface area contributed by atoms with Crippen LogP contribution in [0.3, 0.4) is 0 Å². The van der Waals surface area contributed by atoms with Crippen molar-refractivity contribution in [1.82, 2.24) is 9.78 Å². The van der Waals surface area contributed by atoms with Gasteiger partial charge in [0, 0.05) is 37.7 Å². The van der Waals surface area contributed by atoms with Gasteiger partial charge < -0.3 is 14.8 Å². The number of nitrogens with zero attached hydrogens (tertiary/aromatic N) is 2. The molecule has 1 amide bonds. The highest BCUT2D eigenvalue weighted by Gasteiger charge is 2.16. The summed E-state index contributed by atoms with van der Waals surface area (Å²) in [7, 11) is 1.76. The fraction of sp³-hybridized carbons (Fsp3) is 0.312. The minimum absolute atomic E-state index is 0.101. The Bertz CT molecular complexity index is 739. The van der Waals surface area contributed by atoms with Gasteiger partial charge in [-0.2, -0.15) is 5.10 Å². The van der Waals surface area contributed by atoms with E-state index in [9.17, 15) is 9.59 Å². The van der Waals surface area contributed by atoms with Crippen molar-refractivity contribution >= 4 is 17.5 Å². The van der Waals surface area contributed by atoms with E-state index in [-0.39, 0.29) is 24.5 Å². The number of ether oxygens (including phenoxy) is 2. The van der Waals surface area contributed by atoms with Gasteiger partial charge in [0.25, 0.3) is 0 Å². The monoisotopic (exact) mass is 315 g/mol. The van der Waals surface area contributed by atoms with Crippen molar-refractivity contribution in [2.45, 2.75) is 12.8 Å². The van der Waals surface area contributed by atoms with E-state index >= 15 is 0 Å². The number of hydrogen-bond acceptors (Lipinski definition) is 5. The minimum atomic E-state index is -0.241. The topological polar surface area (TPSA) is 82.5 Å². The van der Waals surface area contributed by atoms with Gasteiger partial charge in [0.1, 0.15) is 13.2 Å². The van der Waals surface area contributed by atoms with Gasteiger partial charge in [0.2, 0.25) is 5.91 Å². The van der Waals surface area contributed by atoms with E-state index in [4.69, 9.17) is 9.47 Å². The molecule has 0 saturated carbocycles. The molecule has 0 bridgehead atoms. The number of Topliss-reactive ketones (excluding diaryl/α,β-unsaturated/α-hetero) is 1. The summed E-state index contributed by atoms with van der Waals surface area (Å²) in [5, 5.41) is 6.71. The molecule has 0 spiro atoms. The molecule has 0 unspecified atom stereocenters. The highest BCUT2D eigenvalue weighted by molar-refractivity contribution is 6.00. The molecule has 7 heteroatoms. The third-order valence-electron chi connectivity index (χ3n) is 3.42. The SMILES string of the molecule is Cn1ccc(NC(=O)CCC(=O)c2ccc3c(c2)OCCO3)n1.